The van der Waals surface area contributed by atoms with Crippen LogP contribution in [0.4, 0.5) is 0 Å². The predicted octanol–water partition coefficient (Wildman–Crippen LogP) is 2.70. The second kappa shape index (κ2) is 11.6. The van der Waals surface area contributed by atoms with Gasteiger partial charge in [0.15, 0.2) is 0 Å². The second-order valence-electron chi connectivity index (χ2n) is 5.54. The van der Waals surface area contributed by atoms with Crippen molar-refractivity contribution < 1.29 is 9.53 Å². The van der Waals surface area contributed by atoms with E-state index in [2.05, 4.69) is 10.3 Å². The molecule has 0 unspecified atom stereocenters. The molecule has 0 bridgehead atoms. The fourth-order valence-electron chi connectivity index (χ4n) is 1.79. The Balaban J connectivity index is 2.42. The highest BCUT2D eigenvalue weighted by Crippen LogP contribution is 2.08. The van der Waals surface area contributed by atoms with E-state index < -0.39 is 6.04 Å². The van der Waals surface area contributed by atoms with Crippen LogP contribution in [-0.4, -0.2) is 35.5 Å². The van der Waals surface area contributed by atoms with Crippen LogP contribution in [0.5, 0.6) is 0 Å². The van der Waals surface area contributed by atoms with Crippen molar-refractivity contribution in [2.24, 2.45) is 11.7 Å². The van der Waals surface area contributed by atoms with Gasteiger partial charge in [0, 0.05) is 30.4 Å². The van der Waals surface area contributed by atoms with Gasteiger partial charge in [-0.2, -0.15) is 0 Å². The quantitative estimate of drug-likeness (QED) is 0.275. The number of nitrogens with zero attached hydrogens (tertiary/aromatic N) is 1. The zero-order chi connectivity index (χ0) is 17.1. The van der Waals surface area contributed by atoms with Crippen LogP contribution in [0.15, 0.2) is 23.7 Å². The number of alkyl halides is 1. The minimum Gasteiger partial charge on any atom is -0.457 e. The van der Waals surface area contributed by atoms with Gasteiger partial charge < -0.3 is 15.8 Å². The van der Waals surface area contributed by atoms with Crippen molar-refractivity contribution in [3.8, 4) is 0 Å². The minimum absolute atomic E-state index is 0.0537. The fourth-order valence-corrected chi connectivity index (χ4v) is 2.50. The third-order valence-electron chi connectivity index (χ3n) is 3.25. The number of allylic oxidation sites excluding steroid dienone is 1. The number of ether oxygens (including phenoxy) is 1. The van der Waals surface area contributed by atoms with Crippen molar-refractivity contribution in [1.82, 2.24) is 10.3 Å². The zero-order valence-corrected chi connectivity index (χ0v) is 15.3. The monoisotopic (exact) mass is 359 g/mol. The Hall–Kier alpha value is -0.950. The van der Waals surface area contributed by atoms with Crippen molar-refractivity contribution in [3.63, 3.8) is 0 Å². The summed E-state index contributed by atoms with van der Waals surface area (Å²) < 4.78 is 5.51. The Kier molecular flexibility index (Phi) is 10.1. The lowest BCUT2D eigenvalue weighted by Gasteiger charge is -2.19. The van der Waals surface area contributed by atoms with Gasteiger partial charge in [-0.1, -0.05) is 19.9 Å². The number of nitrogens with one attached hydrogen (secondary N) is 1. The molecule has 0 saturated heterocycles. The van der Waals surface area contributed by atoms with Gasteiger partial charge in [-0.15, -0.1) is 22.9 Å². The summed E-state index contributed by atoms with van der Waals surface area (Å²) in [4.78, 5) is 16.2. The maximum atomic E-state index is 12.0. The lowest BCUT2D eigenvalue weighted by molar-refractivity contribution is -0.149. The molecule has 0 amide bonds. The van der Waals surface area contributed by atoms with Crippen LogP contribution >= 0.6 is 22.9 Å². The maximum absolute atomic E-state index is 12.0. The molecule has 0 aromatic carbocycles. The summed E-state index contributed by atoms with van der Waals surface area (Å²) in [7, 11) is 0. The van der Waals surface area contributed by atoms with E-state index in [1.54, 1.807) is 17.5 Å². The molecule has 23 heavy (non-hydrogen) atoms. The van der Waals surface area contributed by atoms with E-state index in [9.17, 15) is 4.79 Å². The summed E-state index contributed by atoms with van der Waals surface area (Å²) in [6.07, 6.45) is 6.75. The Bertz CT molecular complexity index is 466. The van der Waals surface area contributed by atoms with E-state index in [1.807, 2.05) is 31.4 Å². The molecule has 2 atom stereocenters. The van der Waals surface area contributed by atoms with Gasteiger partial charge in [0.1, 0.15) is 17.2 Å². The highest BCUT2D eigenvalue weighted by atomic mass is 35.5. The molecule has 1 aromatic rings. The van der Waals surface area contributed by atoms with Crippen molar-refractivity contribution in [3.05, 3.63) is 28.7 Å². The van der Waals surface area contributed by atoms with Crippen LogP contribution in [0, 0.1) is 5.92 Å². The number of hydrogen-bond acceptors (Lipinski definition) is 6. The zero-order valence-electron chi connectivity index (χ0n) is 13.7. The molecule has 0 aliphatic rings. The number of hydrogen-bond donors (Lipinski definition) is 2. The molecule has 1 rings (SSSR count). The second-order valence-corrected chi connectivity index (χ2v) is 6.90. The standard InChI is InChI=1S/C16H26ClN3O2S/c1-12(2)15(18)16(21)22-13(5-3-4-7-17)6-8-19-11-14-20-9-10-23-14/h3,5,9-10,12-13,15,19H,4,6-8,11,18H2,1-2H3/b5-3+/t13-,15+/m1/s1. The molecular weight excluding hydrogens is 334 g/mol. The SMILES string of the molecule is CC(C)[C@H](N)C(=O)O[C@H](/C=C/CCCl)CCNCc1nccs1. The summed E-state index contributed by atoms with van der Waals surface area (Å²) in [6, 6.07) is -0.595. The molecule has 0 aliphatic carbocycles. The van der Waals surface area contributed by atoms with Crippen LogP contribution in [0.1, 0.15) is 31.7 Å². The Morgan fingerprint density at radius 2 is 2.35 bits per heavy atom. The highest BCUT2D eigenvalue weighted by molar-refractivity contribution is 7.09. The lowest BCUT2D eigenvalue weighted by atomic mass is 10.1. The van der Waals surface area contributed by atoms with Crippen LogP contribution in [0.25, 0.3) is 0 Å². The van der Waals surface area contributed by atoms with Crippen molar-refractivity contribution in [2.75, 3.05) is 12.4 Å². The molecule has 0 saturated carbocycles. The van der Waals surface area contributed by atoms with Crippen molar-refractivity contribution in [2.45, 2.75) is 45.4 Å². The maximum Gasteiger partial charge on any atom is 0.323 e. The van der Waals surface area contributed by atoms with E-state index in [-0.39, 0.29) is 18.0 Å². The fraction of sp³-hybridized carbons (Fsp3) is 0.625. The number of nitrogens with two attached hydrogens (primary N) is 1. The van der Waals surface area contributed by atoms with Gasteiger partial charge in [-0.25, -0.2) is 4.98 Å². The number of rotatable bonds is 11. The Morgan fingerprint density at radius 1 is 1.57 bits per heavy atom. The first kappa shape index (κ1) is 20.1. The van der Waals surface area contributed by atoms with Gasteiger partial charge in [0.2, 0.25) is 0 Å². The molecule has 3 N–H and O–H groups in total. The van der Waals surface area contributed by atoms with E-state index >= 15 is 0 Å². The molecular formula is C16H26ClN3O2S. The molecule has 1 heterocycles. The van der Waals surface area contributed by atoms with E-state index in [4.69, 9.17) is 22.1 Å². The number of carbonyl (C=O) groups is 1. The van der Waals surface area contributed by atoms with Crippen LogP contribution in [0.2, 0.25) is 0 Å². The van der Waals surface area contributed by atoms with Gasteiger partial charge in [-0.3, -0.25) is 4.79 Å². The number of aromatic nitrogens is 1. The summed E-state index contributed by atoms with van der Waals surface area (Å²) in [5, 5.41) is 6.29. The summed E-state index contributed by atoms with van der Waals surface area (Å²) in [5.41, 5.74) is 5.84. The summed E-state index contributed by atoms with van der Waals surface area (Å²) >= 11 is 7.28. The van der Waals surface area contributed by atoms with E-state index in [0.717, 1.165) is 24.5 Å². The first-order valence-electron chi connectivity index (χ1n) is 7.82. The number of thiazole rings is 1. The smallest absolute Gasteiger partial charge is 0.323 e. The first-order chi connectivity index (χ1) is 11.0. The molecule has 0 radical (unpaired) electrons. The molecule has 130 valence electrons. The average Bonchev–Trinajstić information content (AvgIpc) is 3.03. The number of halogens is 1. The van der Waals surface area contributed by atoms with E-state index in [0.29, 0.717) is 12.3 Å². The highest BCUT2D eigenvalue weighted by Gasteiger charge is 2.21. The molecule has 5 nitrogen and oxygen atoms in total. The normalized spacial score (nSPS) is 14.3. The third-order valence-corrected chi connectivity index (χ3v) is 4.25. The first-order valence-corrected chi connectivity index (χ1v) is 9.23. The van der Waals surface area contributed by atoms with Gasteiger partial charge in [-0.05, 0) is 25.0 Å². The molecule has 0 aliphatic heterocycles. The molecule has 0 fully saturated rings. The number of esters is 1. The van der Waals surface area contributed by atoms with Gasteiger partial charge >= 0.3 is 5.97 Å². The van der Waals surface area contributed by atoms with Gasteiger partial charge in [0.25, 0.3) is 0 Å². The Morgan fingerprint density at radius 3 is 2.96 bits per heavy atom. The van der Waals surface area contributed by atoms with Crippen LogP contribution < -0.4 is 11.1 Å². The third kappa shape index (κ3) is 8.46. The van der Waals surface area contributed by atoms with Gasteiger partial charge in [0.05, 0.1) is 0 Å². The van der Waals surface area contributed by atoms with Crippen molar-refractivity contribution in [1.29, 1.82) is 0 Å². The predicted molar refractivity (Wildman–Crippen MR) is 95.6 cm³/mol. The van der Waals surface area contributed by atoms with E-state index in [1.165, 1.54) is 0 Å². The topological polar surface area (TPSA) is 77.2 Å². The summed E-state index contributed by atoms with van der Waals surface area (Å²) in [5.74, 6) is 0.240. The number of carbonyl (C=O) groups excluding carboxylic acids is 1. The minimum atomic E-state index is -0.595. The largest absolute Gasteiger partial charge is 0.457 e. The average molecular weight is 360 g/mol. The summed E-state index contributed by atoms with van der Waals surface area (Å²) in [6.45, 7) is 5.24. The van der Waals surface area contributed by atoms with Crippen LogP contribution in [-0.2, 0) is 16.1 Å². The Labute approximate surface area is 147 Å². The van der Waals surface area contributed by atoms with Crippen LogP contribution in [0.3, 0.4) is 0 Å². The lowest BCUT2D eigenvalue weighted by Crippen LogP contribution is -2.39. The molecule has 1 aromatic heterocycles. The van der Waals surface area contributed by atoms with Crippen molar-refractivity contribution >= 4 is 28.9 Å². The molecule has 7 heteroatoms. The molecule has 0 spiro atoms.